The van der Waals surface area contributed by atoms with Gasteiger partial charge in [0.15, 0.2) is 0 Å². The number of amides is 2. The van der Waals surface area contributed by atoms with Crippen LogP contribution in [-0.4, -0.2) is 34.2 Å². The van der Waals surface area contributed by atoms with Gasteiger partial charge in [-0.05, 0) is 25.3 Å². The summed E-state index contributed by atoms with van der Waals surface area (Å²) in [6.45, 7) is 1.64. The average molecular weight is 374 g/mol. The molecule has 1 aliphatic carbocycles. The number of ether oxygens (including phenoxy) is 1. The zero-order valence-corrected chi connectivity index (χ0v) is 15.1. The predicted octanol–water partition coefficient (Wildman–Crippen LogP) is 2.76. The minimum Gasteiger partial charge on any atom is -0.458 e. The van der Waals surface area contributed by atoms with E-state index in [0.717, 1.165) is 25.7 Å². The van der Waals surface area contributed by atoms with Crippen LogP contribution in [0, 0.1) is 22.0 Å². The SMILES string of the molecule is C[C@H](OC(=O)CCN1C(=O)[C@H]2CCCC[C@@H]2C1=O)c1cccc([N+](=O)[O-])c1. The summed E-state index contributed by atoms with van der Waals surface area (Å²) >= 11 is 0. The Bertz CT molecular complexity index is 753. The number of imide groups is 1. The standard InChI is InChI=1S/C19H22N2O6/c1-12(13-5-4-6-14(11-13)21(25)26)27-17(22)9-10-20-18(23)15-7-2-3-8-16(15)19(20)24/h4-6,11-12,15-16H,2-3,7-10H2,1H3/t12-,15-,16-/m0/s1. The second kappa shape index (κ2) is 7.85. The van der Waals surface area contributed by atoms with Gasteiger partial charge in [-0.3, -0.25) is 29.4 Å². The Balaban J connectivity index is 1.55. The van der Waals surface area contributed by atoms with E-state index < -0.39 is 17.0 Å². The van der Waals surface area contributed by atoms with Crippen LogP contribution < -0.4 is 0 Å². The number of non-ortho nitro benzene ring substituents is 1. The molecule has 1 aromatic carbocycles. The Morgan fingerprint density at radius 1 is 1.26 bits per heavy atom. The molecule has 0 bridgehead atoms. The maximum atomic E-state index is 12.4. The molecule has 1 saturated carbocycles. The van der Waals surface area contributed by atoms with Crippen LogP contribution in [0.3, 0.4) is 0 Å². The molecule has 0 aromatic heterocycles. The largest absolute Gasteiger partial charge is 0.458 e. The van der Waals surface area contributed by atoms with E-state index in [-0.39, 0.29) is 42.3 Å². The molecule has 0 spiro atoms. The molecule has 0 N–H and O–H groups in total. The van der Waals surface area contributed by atoms with Crippen LogP contribution in [0.5, 0.6) is 0 Å². The van der Waals surface area contributed by atoms with E-state index in [0.29, 0.717) is 5.56 Å². The van der Waals surface area contributed by atoms with E-state index in [1.165, 1.54) is 23.1 Å². The lowest BCUT2D eigenvalue weighted by atomic mass is 9.81. The van der Waals surface area contributed by atoms with E-state index in [2.05, 4.69) is 0 Å². The third-order valence-corrected chi connectivity index (χ3v) is 5.33. The highest BCUT2D eigenvalue weighted by molar-refractivity contribution is 6.05. The van der Waals surface area contributed by atoms with Gasteiger partial charge >= 0.3 is 5.97 Å². The molecule has 1 heterocycles. The smallest absolute Gasteiger partial charge is 0.308 e. The van der Waals surface area contributed by atoms with Crippen LogP contribution in [0.15, 0.2) is 24.3 Å². The van der Waals surface area contributed by atoms with Gasteiger partial charge in [-0.2, -0.15) is 0 Å². The number of nitrogens with zero attached hydrogens (tertiary/aromatic N) is 2. The highest BCUT2D eigenvalue weighted by Gasteiger charge is 2.47. The van der Waals surface area contributed by atoms with E-state index in [1.54, 1.807) is 13.0 Å². The Kier molecular flexibility index (Phi) is 5.53. The summed E-state index contributed by atoms with van der Waals surface area (Å²) in [6.07, 6.45) is 2.63. The van der Waals surface area contributed by atoms with Gasteiger partial charge in [-0.25, -0.2) is 0 Å². The lowest BCUT2D eigenvalue weighted by molar-refractivity contribution is -0.385. The van der Waals surface area contributed by atoms with Crippen molar-refractivity contribution in [3.05, 3.63) is 39.9 Å². The maximum absolute atomic E-state index is 12.4. The number of hydrogen-bond acceptors (Lipinski definition) is 6. The highest BCUT2D eigenvalue weighted by Crippen LogP contribution is 2.38. The minimum absolute atomic E-state index is 0.0190. The molecule has 3 rings (SSSR count). The molecule has 2 fully saturated rings. The fourth-order valence-corrected chi connectivity index (χ4v) is 3.87. The molecule has 1 saturated heterocycles. The van der Waals surface area contributed by atoms with Crippen molar-refractivity contribution in [1.29, 1.82) is 0 Å². The predicted molar refractivity (Wildman–Crippen MR) is 94.4 cm³/mol. The number of hydrogen-bond donors (Lipinski definition) is 0. The summed E-state index contributed by atoms with van der Waals surface area (Å²) in [5, 5.41) is 10.8. The van der Waals surface area contributed by atoms with Gasteiger partial charge in [0.2, 0.25) is 11.8 Å². The molecule has 2 amide bonds. The first-order valence-corrected chi connectivity index (χ1v) is 9.17. The van der Waals surface area contributed by atoms with Crippen molar-refractivity contribution in [3.63, 3.8) is 0 Å². The fraction of sp³-hybridized carbons (Fsp3) is 0.526. The number of fused-ring (bicyclic) bond motifs is 1. The van der Waals surface area contributed by atoms with Gasteiger partial charge in [-0.1, -0.05) is 25.0 Å². The Labute approximate surface area is 156 Å². The molecular weight excluding hydrogens is 352 g/mol. The van der Waals surface area contributed by atoms with Gasteiger partial charge < -0.3 is 4.74 Å². The van der Waals surface area contributed by atoms with Gasteiger partial charge in [-0.15, -0.1) is 0 Å². The third kappa shape index (κ3) is 3.99. The molecule has 2 aliphatic rings. The van der Waals surface area contributed by atoms with Crippen molar-refractivity contribution >= 4 is 23.5 Å². The number of rotatable bonds is 6. The lowest BCUT2D eigenvalue weighted by Crippen LogP contribution is -2.33. The molecule has 27 heavy (non-hydrogen) atoms. The second-order valence-electron chi connectivity index (χ2n) is 7.06. The van der Waals surface area contributed by atoms with Crippen molar-refractivity contribution in [2.75, 3.05) is 6.54 Å². The molecule has 1 aliphatic heterocycles. The number of nitro benzene ring substituents is 1. The monoisotopic (exact) mass is 374 g/mol. The number of benzene rings is 1. The first-order chi connectivity index (χ1) is 12.9. The van der Waals surface area contributed by atoms with Crippen LogP contribution in [0.25, 0.3) is 0 Å². The fourth-order valence-electron chi connectivity index (χ4n) is 3.87. The van der Waals surface area contributed by atoms with E-state index in [4.69, 9.17) is 4.74 Å². The van der Waals surface area contributed by atoms with Gasteiger partial charge in [0.1, 0.15) is 6.10 Å². The topological polar surface area (TPSA) is 107 Å². The van der Waals surface area contributed by atoms with Crippen molar-refractivity contribution < 1.29 is 24.0 Å². The third-order valence-electron chi connectivity index (χ3n) is 5.33. The summed E-state index contributed by atoms with van der Waals surface area (Å²) in [5.41, 5.74) is 0.433. The van der Waals surface area contributed by atoms with E-state index in [1.807, 2.05) is 0 Å². The van der Waals surface area contributed by atoms with Crippen LogP contribution >= 0.6 is 0 Å². The maximum Gasteiger partial charge on any atom is 0.308 e. The molecule has 0 unspecified atom stereocenters. The normalized spacial score (nSPS) is 23.1. The Morgan fingerprint density at radius 3 is 2.48 bits per heavy atom. The average Bonchev–Trinajstić information content (AvgIpc) is 2.91. The second-order valence-corrected chi connectivity index (χ2v) is 7.06. The number of likely N-dealkylation sites (tertiary alicyclic amines) is 1. The van der Waals surface area contributed by atoms with Gasteiger partial charge in [0.05, 0.1) is 23.2 Å². The van der Waals surface area contributed by atoms with Crippen LogP contribution in [0.1, 0.15) is 50.7 Å². The number of carbonyl (C=O) groups is 3. The molecule has 8 nitrogen and oxygen atoms in total. The summed E-state index contributed by atoms with van der Waals surface area (Å²) in [7, 11) is 0. The minimum atomic E-state index is -0.662. The Hall–Kier alpha value is -2.77. The van der Waals surface area contributed by atoms with Crippen LogP contribution in [0.4, 0.5) is 5.69 Å². The van der Waals surface area contributed by atoms with Crippen molar-refractivity contribution in [3.8, 4) is 0 Å². The number of esters is 1. The summed E-state index contributed by atoms with van der Waals surface area (Å²) < 4.78 is 5.31. The first-order valence-electron chi connectivity index (χ1n) is 9.17. The zero-order valence-electron chi connectivity index (χ0n) is 15.1. The quantitative estimate of drug-likeness (QED) is 0.328. The molecule has 0 radical (unpaired) electrons. The molecule has 8 heteroatoms. The van der Waals surface area contributed by atoms with E-state index >= 15 is 0 Å². The molecule has 1 aromatic rings. The molecule has 144 valence electrons. The number of nitro groups is 1. The Morgan fingerprint density at radius 2 is 1.89 bits per heavy atom. The molecule has 3 atom stereocenters. The summed E-state index contributed by atoms with van der Waals surface area (Å²) in [4.78, 5) is 48.4. The lowest BCUT2D eigenvalue weighted by Gasteiger charge is -2.19. The van der Waals surface area contributed by atoms with Crippen LogP contribution in [-0.2, 0) is 19.1 Å². The summed E-state index contributed by atoms with van der Waals surface area (Å²) in [6, 6.07) is 5.89. The van der Waals surface area contributed by atoms with E-state index in [9.17, 15) is 24.5 Å². The first kappa shape index (κ1) is 19.0. The van der Waals surface area contributed by atoms with Gasteiger partial charge in [0.25, 0.3) is 5.69 Å². The van der Waals surface area contributed by atoms with Crippen molar-refractivity contribution in [2.24, 2.45) is 11.8 Å². The van der Waals surface area contributed by atoms with Crippen molar-refractivity contribution in [2.45, 2.75) is 45.1 Å². The van der Waals surface area contributed by atoms with Crippen molar-refractivity contribution in [1.82, 2.24) is 4.90 Å². The highest BCUT2D eigenvalue weighted by atomic mass is 16.6. The zero-order chi connectivity index (χ0) is 19.6. The van der Waals surface area contributed by atoms with Gasteiger partial charge in [0, 0.05) is 18.7 Å². The summed E-state index contributed by atoms with van der Waals surface area (Å²) in [5.74, 6) is -1.37. The number of carbonyl (C=O) groups excluding carboxylic acids is 3. The van der Waals surface area contributed by atoms with Crippen LogP contribution in [0.2, 0.25) is 0 Å². The molecular formula is C19H22N2O6.